The Hall–Kier alpha value is -3.36. The zero-order valence-electron chi connectivity index (χ0n) is 16.8. The summed E-state index contributed by atoms with van der Waals surface area (Å²) in [7, 11) is 3.18. The number of ether oxygens (including phenoxy) is 3. The first kappa shape index (κ1) is 20.4. The Kier molecular flexibility index (Phi) is 6.83. The summed E-state index contributed by atoms with van der Waals surface area (Å²) in [5.41, 5.74) is 1.31. The van der Waals surface area contributed by atoms with Crippen molar-refractivity contribution >= 4 is 11.6 Å². The number of rotatable bonds is 10. The van der Waals surface area contributed by atoms with Crippen LogP contribution >= 0.6 is 0 Å². The lowest BCUT2D eigenvalue weighted by Gasteiger charge is -2.10. The largest absolute Gasteiger partial charge is 0.497 e. The molecule has 1 amide bonds. The molecule has 29 heavy (non-hydrogen) atoms. The van der Waals surface area contributed by atoms with Gasteiger partial charge < -0.3 is 19.5 Å². The smallest absolute Gasteiger partial charge is 0.231 e. The van der Waals surface area contributed by atoms with Crippen LogP contribution < -0.4 is 19.5 Å². The van der Waals surface area contributed by atoms with E-state index in [0.717, 1.165) is 18.4 Å². The Bertz CT molecular complexity index is 973. The summed E-state index contributed by atoms with van der Waals surface area (Å²) in [5, 5.41) is 15.7. The Balaban J connectivity index is 1.73. The minimum atomic E-state index is 0.0338. The Morgan fingerprint density at radius 3 is 2.76 bits per heavy atom. The molecule has 2 heterocycles. The molecule has 1 aromatic carbocycles. The van der Waals surface area contributed by atoms with Gasteiger partial charge in [-0.3, -0.25) is 4.79 Å². The monoisotopic (exact) mass is 399 g/mol. The molecule has 0 saturated carbocycles. The van der Waals surface area contributed by atoms with Crippen LogP contribution in [-0.4, -0.2) is 53.1 Å². The van der Waals surface area contributed by atoms with E-state index in [9.17, 15) is 4.79 Å². The molecule has 9 heteroatoms. The van der Waals surface area contributed by atoms with Crippen LogP contribution in [0, 0.1) is 0 Å². The molecule has 9 nitrogen and oxygen atoms in total. The second-order valence-electron chi connectivity index (χ2n) is 6.33. The number of hydrogen-bond donors (Lipinski definition) is 1. The van der Waals surface area contributed by atoms with Gasteiger partial charge in [-0.2, -0.15) is 4.52 Å². The number of methoxy groups -OCH3 is 2. The molecular formula is C20H25N5O4. The van der Waals surface area contributed by atoms with E-state index in [2.05, 4.69) is 27.5 Å². The zero-order valence-corrected chi connectivity index (χ0v) is 16.8. The molecule has 2 aromatic heterocycles. The molecule has 0 fully saturated rings. The highest BCUT2D eigenvalue weighted by molar-refractivity contribution is 5.75. The summed E-state index contributed by atoms with van der Waals surface area (Å²) in [4.78, 5) is 11.6. The molecule has 3 rings (SSSR count). The number of carbonyl (C=O) groups excluding carboxylic acids is 1. The van der Waals surface area contributed by atoms with Gasteiger partial charge in [-0.05, 0) is 24.6 Å². The lowest BCUT2D eigenvalue weighted by atomic mass is 10.2. The first-order valence-corrected chi connectivity index (χ1v) is 9.50. The average Bonchev–Trinajstić information content (AvgIpc) is 3.17. The molecule has 0 atom stereocenters. The Morgan fingerprint density at radius 1 is 1.14 bits per heavy atom. The van der Waals surface area contributed by atoms with Gasteiger partial charge in [-0.1, -0.05) is 13.3 Å². The summed E-state index contributed by atoms with van der Waals surface area (Å²) in [6.45, 7) is 2.79. The molecule has 0 spiro atoms. The van der Waals surface area contributed by atoms with Gasteiger partial charge in [-0.25, -0.2) is 0 Å². The van der Waals surface area contributed by atoms with E-state index in [0.29, 0.717) is 48.4 Å². The van der Waals surface area contributed by atoms with Crippen LogP contribution in [0.2, 0.25) is 0 Å². The molecule has 3 aromatic rings. The average molecular weight is 399 g/mol. The van der Waals surface area contributed by atoms with Crippen LogP contribution in [0.3, 0.4) is 0 Å². The van der Waals surface area contributed by atoms with E-state index in [1.54, 1.807) is 36.9 Å². The molecule has 154 valence electrons. The van der Waals surface area contributed by atoms with Crippen molar-refractivity contribution in [2.45, 2.75) is 26.2 Å². The number of carbonyl (C=O) groups is 1. The van der Waals surface area contributed by atoms with E-state index in [1.807, 2.05) is 12.1 Å². The Labute approximate surface area is 169 Å². The van der Waals surface area contributed by atoms with Crippen LogP contribution in [0.5, 0.6) is 17.4 Å². The topological polar surface area (TPSA) is 99.9 Å². The molecule has 0 aliphatic heterocycles. The van der Waals surface area contributed by atoms with Crippen molar-refractivity contribution in [2.24, 2.45) is 0 Å². The minimum Gasteiger partial charge on any atom is -0.497 e. The Morgan fingerprint density at radius 2 is 2.00 bits per heavy atom. The quantitative estimate of drug-likeness (QED) is 0.523. The maximum Gasteiger partial charge on any atom is 0.231 e. The maximum absolute atomic E-state index is 11.6. The summed E-state index contributed by atoms with van der Waals surface area (Å²) >= 11 is 0. The SMILES string of the molecule is CCCCC(=O)NCCOc1ccc2nnc(-c3ccc(OC)cc3OC)n2n1. The summed E-state index contributed by atoms with van der Waals surface area (Å²) in [6.07, 6.45) is 2.42. The summed E-state index contributed by atoms with van der Waals surface area (Å²) in [6, 6.07) is 8.93. The van der Waals surface area contributed by atoms with Crippen molar-refractivity contribution in [3.05, 3.63) is 30.3 Å². The molecule has 0 aliphatic carbocycles. The van der Waals surface area contributed by atoms with Gasteiger partial charge in [0.2, 0.25) is 11.8 Å². The third kappa shape index (κ3) is 4.92. The molecule has 0 radical (unpaired) electrons. The van der Waals surface area contributed by atoms with Gasteiger partial charge in [0.05, 0.1) is 26.3 Å². The number of unbranched alkanes of at least 4 members (excludes halogenated alkanes) is 1. The van der Waals surface area contributed by atoms with E-state index in [-0.39, 0.29) is 5.91 Å². The van der Waals surface area contributed by atoms with E-state index in [4.69, 9.17) is 14.2 Å². The standard InChI is InChI=1S/C20H25N5O4/c1-4-5-6-18(26)21-11-12-29-19-10-9-17-22-23-20(25(17)24-19)15-8-7-14(27-2)13-16(15)28-3/h7-10,13H,4-6,11-12H2,1-3H3,(H,21,26). The van der Waals surface area contributed by atoms with Gasteiger partial charge in [0.15, 0.2) is 11.5 Å². The highest BCUT2D eigenvalue weighted by Gasteiger charge is 2.15. The van der Waals surface area contributed by atoms with E-state index >= 15 is 0 Å². The van der Waals surface area contributed by atoms with Crippen molar-refractivity contribution < 1.29 is 19.0 Å². The highest BCUT2D eigenvalue weighted by atomic mass is 16.5. The molecule has 0 saturated heterocycles. The third-order valence-corrected chi connectivity index (χ3v) is 4.32. The number of fused-ring (bicyclic) bond motifs is 1. The number of nitrogens with zero attached hydrogens (tertiary/aromatic N) is 4. The highest BCUT2D eigenvalue weighted by Crippen LogP contribution is 2.32. The summed E-state index contributed by atoms with van der Waals surface area (Å²) in [5.74, 6) is 2.25. The lowest BCUT2D eigenvalue weighted by molar-refractivity contribution is -0.121. The first-order chi connectivity index (χ1) is 14.2. The molecule has 0 unspecified atom stereocenters. The number of nitrogens with one attached hydrogen (secondary N) is 1. The molecular weight excluding hydrogens is 374 g/mol. The van der Waals surface area contributed by atoms with E-state index in [1.165, 1.54) is 0 Å². The fourth-order valence-electron chi connectivity index (χ4n) is 2.77. The third-order valence-electron chi connectivity index (χ3n) is 4.32. The predicted octanol–water partition coefficient (Wildman–Crippen LogP) is 2.49. The molecule has 0 aliphatic rings. The van der Waals surface area contributed by atoms with Crippen molar-refractivity contribution in [1.29, 1.82) is 0 Å². The van der Waals surface area contributed by atoms with Crippen molar-refractivity contribution in [2.75, 3.05) is 27.4 Å². The van der Waals surface area contributed by atoms with Crippen LogP contribution in [0.15, 0.2) is 30.3 Å². The second-order valence-corrected chi connectivity index (χ2v) is 6.33. The van der Waals surface area contributed by atoms with Gasteiger partial charge >= 0.3 is 0 Å². The van der Waals surface area contributed by atoms with Crippen molar-refractivity contribution in [3.8, 4) is 28.8 Å². The number of aromatic nitrogens is 4. The summed E-state index contributed by atoms with van der Waals surface area (Å²) < 4.78 is 18.0. The number of amides is 1. The fourth-order valence-corrected chi connectivity index (χ4v) is 2.77. The molecule has 0 bridgehead atoms. The van der Waals surface area contributed by atoms with Crippen molar-refractivity contribution in [1.82, 2.24) is 25.1 Å². The minimum absolute atomic E-state index is 0.0338. The van der Waals surface area contributed by atoms with Gasteiger partial charge in [-0.15, -0.1) is 15.3 Å². The van der Waals surface area contributed by atoms with Gasteiger partial charge in [0, 0.05) is 18.6 Å². The maximum atomic E-state index is 11.6. The predicted molar refractivity (Wildman–Crippen MR) is 107 cm³/mol. The van der Waals surface area contributed by atoms with Crippen LogP contribution in [-0.2, 0) is 4.79 Å². The van der Waals surface area contributed by atoms with Crippen LogP contribution in [0.25, 0.3) is 17.0 Å². The normalized spacial score (nSPS) is 10.7. The van der Waals surface area contributed by atoms with Crippen molar-refractivity contribution in [3.63, 3.8) is 0 Å². The lowest BCUT2D eigenvalue weighted by Crippen LogP contribution is -2.27. The van der Waals surface area contributed by atoms with Gasteiger partial charge in [0.1, 0.15) is 18.1 Å². The van der Waals surface area contributed by atoms with Crippen LogP contribution in [0.4, 0.5) is 0 Å². The fraction of sp³-hybridized carbons (Fsp3) is 0.400. The number of benzene rings is 1. The number of hydrogen-bond acceptors (Lipinski definition) is 7. The second kappa shape index (κ2) is 9.72. The van der Waals surface area contributed by atoms with Crippen LogP contribution in [0.1, 0.15) is 26.2 Å². The zero-order chi connectivity index (χ0) is 20.6. The first-order valence-electron chi connectivity index (χ1n) is 9.50. The van der Waals surface area contributed by atoms with E-state index < -0.39 is 0 Å². The molecule has 1 N–H and O–H groups in total. The van der Waals surface area contributed by atoms with Gasteiger partial charge in [0.25, 0.3) is 0 Å².